The predicted octanol–water partition coefficient (Wildman–Crippen LogP) is 17.5. The maximum absolute atomic E-state index is 2.32. The molecule has 0 nitrogen and oxygen atoms in total. The van der Waals surface area contributed by atoms with Crippen molar-refractivity contribution in [2.75, 3.05) is 0 Å². The molecule has 0 unspecified atom stereocenters. The first kappa shape index (κ1) is 34.8. The normalized spacial score (nSPS) is 11.9. The molecule has 13 aromatic carbocycles. The van der Waals surface area contributed by atoms with E-state index in [4.69, 9.17) is 0 Å². The quantitative estimate of drug-likeness (QED) is 0.147. The summed E-state index contributed by atoms with van der Waals surface area (Å²) < 4.78 is 0. The second-order valence-corrected chi connectivity index (χ2v) is 16.8. The van der Waals surface area contributed by atoms with Crippen molar-refractivity contribution in [2.24, 2.45) is 0 Å². The Morgan fingerprint density at radius 2 is 0.419 bits per heavy atom. The van der Waals surface area contributed by atoms with Gasteiger partial charge >= 0.3 is 0 Å². The van der Waals surface area contributed by atoms with Crippen LogP contribution in [0, 0.1) is 0 Å². The van der Waals surface area contributed by atoms with Crippen LogP contribution in [0.3, 0.4) is 0 Å². The molecule has 62 heavy (non-hydrogen) atoms. The lowest BCUT2D eigenvalue weighted by Gasteiger charge is -2.14. The third-order valence-corrected chi connectivity index (χ3v) is 13.4. The van der Waals surface area contributed by atoms with Gasteiger partial charge in [-0.3, -0.25) is 0 Å². The van der Waals surface area contributed by atoms with E-state index in [1.165, 1.54) is 131 Å². The van der Waals surface area contributed by atoms with Crippen LogP contribution >= 0.6 is 0 Å². The van der Waals surface area contributed by atoms with Gasteiger partial charge in [-0.05, 0) is 144 Å². The van der Waals surface area contributed by atoms with Gasteiger partial charge in [0, 0.05) is 0 Å². The van der Waals surface area contributed by atoms with Gasteiger partial charge < -0.3 is 0 Å². The molecule has 13 aromatic rings. The van der Waals surface area contributed by atoms with Crippen LogP contribution in [0.5, 0.6) is 0 Å². The highest BCUT2D eigenvalue weighted by Crippen LogP contribution is 2.42. The van der Waals surface area contributed by atoms with Crippen LogP contribution < -0.4 is 0 Å². The van der Waals surface area contributed by atoms with Crippen LogP contribution in [0.4, 0.5) is 0 Å². The van der Waals surface area contributed by atoms with Crippen molar-refractivity contribution in [3.8, 4) is 66.8 Å². The van der Waals surface area contributed by atoms with Gasteiger partial charge in [-0.15, -0.1) is 0 Å². The Bertz CT molecular complexity index is 3780. The summed E-state index contributed by atoms with van der Waals surface area (Å²) in [5.41, 5.74) is 14.7. The average molecular weight is 783 g/mol. The third-order valence-electron chi connectivity index (χ3n) is 13.4. The maximum Gasteiger partial charge on any atom is -0.00206 e. The molecule has 0 radical (unpaired) electrons. The molecule has 0 spiro atoms. The van der Waals surface area contributed by atoms with E-state index in [9.17, 15) is 0 Å². The molecule has 0 N–H and O–H groups in total. The molecule has 0 atom stereocenters. The Morgan fingerprint density at radius 3 is 0.790 bits per heavy atom. The molecule has 0 heteroatoms. The van der Waals surface area contributed by atoms with Crippen LogP contribution in [0.15, 0.2) is 231 Å². The molecule has 0 aliphatic rings. The summed E-state index contributed by atoms with van der Waals surface area (Å²) >= 11 is 0. The fourth-order valence-electron chi connectivity index (χ4n) is 10.3. The number of benzene rings is 13. The summed E-state index contributed by atoms with van der Waals surface area (Å²) in [6, 6.07) is 85.5. The first-order valence-electron chi connectivity index (χ1n) is 21.6. The number of hydrogen-bond acceptors (Lipinski definition) is 0. The molecule has 0 saturated carbocycles. The van der Waals surface area contributed by atoms with E-state index in [1.807, 2.05) is 0 Å². The Hall–Kier alpha value is -8.06. The third kappa shape index (κ3) is 5.54. The van der Waals surface area contributed by atoms with E-state index in [0.717, 1.165) is 0 Å². The number of hydrogen-bond donors (Lipinski definition) is 0. The van der Waals surface area contributed by atoms with Gasteiger partial charge in [0.15, 0.2) is 0 Å². The summed E-state index contributed by atoms with van der Waals surface area (Å²) in [5, 5.41) is 15.8. The second-order valence-electron chi connectivity index (χ2n) is 16.8. The SMILES string of the molecule is c1cc(-c2ccc(-c3ccc(-c4ccc5ccc6cccc7ccc4c5c67)cc3)cc2)cc(-c2cccc(-c3ccc(-c4ccc5ccc6cccc7ccc4c5c67)cc3)c2)c1. The largest absolute Gasteiger partial charge is 0.0610 e. The summed E-state index contributed by atoms with van der Waals surface area (Å²) in [4.78, 5) is 0. The smallest absolute Gasteiger partial charge is 0.00206 e. The van der Waals surface area contributed by atoms with Crippen molar-refractivity contribution in [3.05, 3.63) is 231 Å². The van der Waals surface area contributed by atoms with Gasteiger partial charge in [-0.2, -0.15) is 0 Å². The monoisotopic (exact) mass is 782 g/mol. The molecule has 0 heterocycles. The molecular weight excluding hydrogens is 745 g/mol. The van der Waals surface area contributed by atoms with Crippen molar-refractivity contribution in [2.45, 2.75) is 0 Å². The predicted molar refractivity (Wildman–Crippen MR) is 266 cm³/mol. The molecule has 0 fully saturated rings. The molecule has 0 aromatic heterocycles. The van der Waals surface area contributed by atoms with Gasteiger partial charge in [-0.1, -0.05) is 218 Å². The molecule has 13 rings (SSSR count). The minimum Gasteiger partial charge on any atom is -0.0610 e. The number of rotatable bonds is 6. The van der Waals surface area contributed by atoms with Gasteiger partial charge in [-0.25, -0.2) is 0 Å². The Kier molecular flexibility index (Phi) is 7.71. The summed E-state index contributed by atoms with van der Waals surface area (Å²) in [7, 11) is 0. The van der Waals surface area contributed by atoms with E-state index in [0.29, 0.717) is 0 Å². The van der Waals surface area contributed by atoms with Crippen LogP contribution in [-0.2, 0) is 0 Å². The fraction of sp³-hybridized carbons (Fsp3) is 0. The van der Waals surface area contributed by atoms with Crippen molar-refractivity contribution < 1.29 is 0 Å². The summed E-state index contributed by atoms with van der Waals surface area (Å²) in [5.74, 6) is 0. The molecule has 0 saturated heterocycles. The summed E-state index contributed by atoms with van der Waals surface area (Å²) in [6.45, 7) is 0. The molecule has 0 aliphatic carbocycles. The topological polar surface area (TPSA) is 0 Å². The highest BCUT2D eigenvalue weighted by molar-refractivity contribution is 6.26. The van der Waals surface area contributed by atoms with Crippen molar-refractivity contribution in [1.82, 2.24) is 0 Å². The Balaban J connectivity index is 0.757. The van der Waals surface area contributed by atoms with Crippen LogP contribution in [-0.4, -0.2) is 0 Å². The van der Waals surface area contributed by atoms with Gasteiger partial charge in [0.2, 0.25) is 0 Å². The fourth-order valence-corrected chi connectivity index (χ4v) is 10.3. The highest BCUT2D eigenvalue weighted by atomic mass is 14.2. The second kappa shape index (κ2) is 13.7. The first-order chi connectivity index (χ1) is 30.7. The maximum atomic E-state index is 2.32. The minimum atomic E-state index is 1.21. The van der Waals surface area contributed by atoms with Gasteiger partial charge in [0.05, 0.1) is 0 Å². The van der Waals surface area contributed by atoms with Crippen molar-refractivity contribution in [1.29, 1.82) is 0 Å². The zero-order chi connectivity index (χ0) is 40.7. The van der Waals surface area contributed by atoms with Crippen LogP contribution in [0.1, 0.15) is 0 Å². The molecule has 0 aliphatic heterocycles. The lowest BCUT2D eigenvalue weighted by molar-refractivity contribution is 1.56. The molecule has 286 valence electrons. The first-order valence-corrected chi connectivity index (χ1v) is 21.6. The highest BCUT2D eigenvalue weighted by Gasteiger charge is 2.14. The van der Waals surface area contributed by atoms with E-state index in [1.54, 1.807) is 0 Å². The van der Waals surface area contributed by atoms with Gasteiger partial charge in [0.25, 0.3) is 0 Å². The van der Waals surface area contributed by atoms with Crippen LogP contribution in [0.25, 0.3) is 131 Å². The minimum absolute atomic E-state index is 1.21. The summed E-state index contributed by atoms with van der Waals surface area (Å²) in [6.07, 6.45) is 0. The zero-order valence-corrected chi connectivity index (χ0v) is 33.9. The lowest BCUT2D eigenvalue weighted by Crippen LogP contribution is -1.88. The van der Waals surface area contributed by atoms with E-state index in [2.05, 4.69) is 231 Å². The average Bonchev–Trinajstić information content (AvgIpc) is 3.35. The Morgan fingerprint density at radius 1 is 0.161 bits per heavy atom. The van der Waals surface area contributed by atoms with Crippen LogP contribution in [0.2, 0.25) is 0 Å². The standard InChI is InChI=1S/C62H38/c1-5-45-25-27-49-29-33-55(57-35-31-47(7-1)59(45)61(49)57)43-21-17-40(18-22-43)39-13-15-41(16-14-39)51-9-3-11-53(37-51)54-12-4-10-52(38-54)42-19-23-44(24-20-42)56-34-30-50-28-26-46-6-2-8-48-32-36-58(56)62(50)60(46)48/h1-38H. The van der Waals surface area contributed by atoms with Crippen molar-refractivity contribution >= 4 is 64.6 Å². The van der Waals surface area contributed by atoms with Gasteiger partial charge in [0.1, 0.15) is 0 Å². The van der Waals surface area contributed by atoms with E-state index in [-0.39, 0.29) is 0 Å². The molecular formula is C62H38. The molecule has 0 amide bonds. The molecule has 0 bridgehead atoms. The van der Waals surface area contributed by atoms with E-state index >= 15 is 0 Å². The lowest BCUT2D eigenvalue weighted by atomic mass is 9.89. The Labute approximate surface area is 360 Å². The van der Waals surface area contributed by atoms with E-state index < -0.39 is 0 Å². The van der Waals surface area contributed by atoms with Crippen molar-refractivity contribution in [3.63, 3.8) is 0 Å². The zero-order valence-electron chi connectivity index (χ0n) is 33.9.